The molecule has 5 nitrogen and oxygen atoms in total. The van der Waals surface area contributed by atoms with Crippen molar-refractivity contribution in [2.45, 2.75) is 0 Å². The summed E-state index contributed by atoms with van der Waals surface area (Å²) in [5.41, 5.74) is 2.54. The summed E-state index contributed by atoms with van der Waals surface area (Å²) in [4.78, 5) is 4.53. The van der Waals surface area contributed by atoms with Crippen molar-refractivity contribution in [1.29, 1.82) is 5.26 Å². The second kappa shape index (κ2) is 8.98. The maximum atomic E-state index is 9.55. The van der Waals surface area contributed by atoms with E-state index < -0.39 is 0 Å². The monoisotopic (exact) mass is 431 g/mol. The molecule has 0 bridgehead atoms. The molecule has 3 aromatic rings. The summed E-state index contributed by atoms with van der Waals surface area (Å²) >= 11 is 13.6. The number of nitrogens with one attached hydrogen (secondary N) is 1. The summed E-state index contributed by atoms with van der Waals surface area (Å²) < 4.78 is 10.5. The highest BCUT2D eigenvalue weighted by molar-refractivity contribution is 7.11. The Morgan fingerprint density at radius 2 is 2.00 bits per heavy atom. The first-order valence-electron chi connectivity index (χ1n) is 8.06. The zero-order chi connectivity index (χ0) is 20.1. The van der Waals surface area contributed by atoms with Crippen LogP contribution in [0.5, 0.6) is 11.5 Å². The molecule has 8 heteroatoms. The minimum absolute atomic E-state index is 0.388. The lowest BCUT2D eigenvalue weighted by Gasteiger charge is -2.10. The summed E-state index contributed by atoms with van der Waals surface area (Å²) in [7, 11) is 3.15. The van der Waals surface area contributed by atoms with Gasteiger partial charge in [0.2, 0.25) is 0 Å². The molecule has 2 aromatic carbocycles. The van der Waals surface area contributed by atoms with Crippen LogP contribution in [0, 0.1) is 11.3 Å². The Morgan fingerprint density at radius 3 is 2.68 bits per heavy atom. The first kappa shape index (κ1) is 20.0. The van der Waals surface area contributed by atoms with Crippen LogP contribution in [0.1, 0.15) is 5.01 Å². The van der Waals surface area contributed by atoms with Gasteiger partial charge in [-0.2, -0.15) is 5.26 Å². The van der Waals surface area contributed by atoms with E-state index in [1.807, 2.05) is 11.4 Å². The van der Waals surface area contributed by atoms with E-state index in [4.69, 9.17) is 32.7 Å². The summed E-state index contributed by atoms with van der Waals surface area (Å²) in [6.45, 7) is 0. The van der Waals surface area contributed by atoms with E-state index in [0.29, 0.717) is 43.5 Å². The van der Waals surface area contributed by atoms with Crippen molar-refractivity contribution >= 4 is 45.8 Å². The molecule has 0 radical (unpaired) electrons. The van der Waals surface area contributed by atoms with Crippen LogP contribution < -0.4 is 14.8 Å². The number of aromatic nitrogens is 1. The maximum Gasteiger partial charge on any atom is 0.145 e. The topological polar surface area (TPSA) is 67.2 Å². The number of ether oxygens (including phenoxy) is 2. The molecular formula is C20H15Cl2N3O2S. The van der Waals surface area contributed by atoms with Gasteiger partial charge in [0.25, 0.3) is 0 Å². The Morgan fingerprint density at radius 1 is 1.18 bits per heavy atom. The number of nitriles is 1. The van der Waals surface area contributed by atoms with Crippen LogP contribution in [-0.2, 0) is 0 Å². The molecule has 1 N–H and O–H groups in total. The quantitative estimate of drug-likeness (QED) is 0.476. The lowest BCUT2D eigenvalue weighted by molar-refractivity contribution is 0.395. The van der Waals surface area contributed by atoms with Crippen LogP contribution in [0.4, 0.5) is 5.69 Å². The van der Waals surface area contributed by atoms with Crippen molar-refractivity contribution < 1.29 is 9.47 Å². The summed E-state index contributed by atoms with van der Waals surface area (Å²) in [6.07, 6.45) is 1.59. The van der Waals surface area contributed by atoms with Crippen LogP contribution in [0.15, 0.2) is 48.0 Å². The number of halogens is 2. The first-order valence-corrected chi connectivity index (χ1v) is 9.69. The predicted molar refractivity (Wildman–Crippen MR) is 114 cm³/mol. The molecule has 0 amide bonds. The minimum Gasteiger partial charge on any atom is -0.497 e. The molecule has 0 spiro atoms. The Bertz CT molecular complexity index is 1070. The molecule has 0 fully saturated rings. The van der Waals surface area contributed by atoms with Crippen LogP contribution >= 0.6 is 34.5 Å². The Balaban J connectivity index is 1.86. The normalized spacial score (nSPS) is 11.0. The Kier molecular flexibility index (Phi) is 6.42. The fourth-order valence-corrected chi connectivity index (χ4v) is 3.72. The number of hydrogen-bond donors (Lipinski definition) is 1. The van der Waals surface area contributed by atoms with E-state index in [1.54, 1.807) is 50.8 Å². The fraction of sp³-hybridized carbons (Fsp3) is 0.100. The molecule has 1 heterocycles. The van der Waals surface area contributed by atoms with Gasteiger partial charge in [-0.25, -0.2) is 4.98 Å². The highest BCUT2D eigenvalue weighted by atomic mass is 35.5. The standard InChI is InChI=1S/C20H15Cl2N3O2S/c1-26-14-4-6-17(19(8-14)27-2)24-10-12(9-23)20-25-18(11-28-20)15-5-3-13(21)7-16(15)22/h3-8,10-11,24H,1-2H3. The summed E-state index contributed by atoms with van der Waals surface area (Å²) in [6, 6.07) is 12.7. The van der Waals surface area contributed by atoms with E-state index in [1.165, 1.54) is 11.3 Å². The second-order valence-corrected chi connectivity index (χ2v) is 7.24. The van der Waals surface area contributed by atoms with E-state index in [2.05, 4.69) is 16.4 Å². The average molecular weight is 432 g/mol. The van der Waals surface area contributed by atoms with Gasteiger partial charge in [0.05, 0.1) is 30.6 Å². The average Bonchev–Trinajstić information content (AvgIpc) is 3.18. The van der Waals surface area contributed by atoms with E-state index in [-0.39, 0.29) is 0 Å². The number of anilines is 1. The fourth-order valence-electron chi connectivity index (χ4n) is 2.43. The van der Waals surface area contributed by atoms with Crippen molar-refractivity contribution in [2.75, 3.05) is 19.5 Å². The van der Waals surface area contributed by atoms with Crippen LogP contribution in [0.25, 0.3) is 16.8 Å². The zero-order valence-corrected chi connectivity index (χ0v) is 17.3. The number of rotatable bonds is 6. The molecule has 142 valence electrons. The Labute approximate surface area is 176 Å². The highest BCUT2D eigenvalue weighted by Gasteiger charge is 2.12. The lowest BCUT2D eigenvalue weighted by atomic mass is 10.2. The third-order valence-corrected chi connectivity index (χ3v) is 5.27. The lowest BCUT2D eigenvalue weighted by Crippen LogP contribution is -1.95. The molecular weight excluding hydrogens is 417 g/mol. The number of nitrogens with zero attached hydrogens (tertiary/aromatic N) is 2. The van der Waals surface area contributed by atoms with Gasteiger partial charge in [-0.05, 0) is 30.3 Å². The van der Waals surface area contributed by atoms with Crippen LogP contribution in [0.2, 0.25) is 10.0 Å². The van der Waals surface area contributed by atoms with Crippen molar-refractivity contribution in [1.82, 2.24) is 4.98 Å². The number of allylic oxidation sites excluding steroid dienone is 1. The smallest absolute Gasteiger partial charge is 0.145 e. The van der Waals surface area contributed by atoms with Crippen LogP contribution in [0.3, 0.4) is 0 Å². The van der Waals surface area contributed by atoms with E-state index >= 15 is 0 Å². The largest absolute Gasteiger partial charge is 0.497 e. The molecule has 0 unspecified atom stereocenters. The predicted octanol–water partition coefficient (Wildman–Crippen LogP) is 6.11. The molecule has 28 heavy (non-hydrogen) atoms. The van der Waals surface area contributed by atoms with Gasteiger partial charge in [-0.3, -0.25) is 0 Å². The highest BCUT2D eigenvalue weighted by Crippen LogP contribution is 2.33. The number of benzene rings is 2. The Hall–Kier alpha value is -2.72. The van der Waals surface area contributed by atoms with Gasteiger partial charge >= 0.3 is 0 Å². The summed E-state index contributed by atoms with van der Waals surface area (Å²) in [5.74, 6) is 1.27. The van der Waals surface area contributed by atoms with Crippen molar-refractivity contribution in [2.24, 2.45) is 0 Å². The number of thiazole rings is 1. The number of hydrogen-bond acceptors (Lipinski definition) is 6. The van der Waals surface area contributed by atoms with Crippen molar-refractivity contribution in [3.8, 4) is 28.8 Å². The van der Waals surface area contributed by atoms with Crippen molar-refractivity contribution in [3.63, 3.8) is 0 Å². The van der Waals surface area contributed by atoms with Crippen molar-refractivity contribution in [3.05, 3.63) is 63.0 Å². The second-order valence-electron chi connectivity index (χ2n) is 5.54. The van der Waals surface area contributed by atoms with Gasteiger partial charge in [0.1, 0.15) is 28.1 Å². The molecule has 0 atom stereocenters. The van der Waals surface area contributed by atoms with Gasteiger partial charge in [0.15, 0.2) is 0 Å². The SMILES string of the molecule is COc1ccc(NC=C(C#N)c2nc(-c3ccc(Cl)cc3Cl)cs2)c(OC)c1. The van der Waals surface area contributed by atoms with E-state index in [9.17, 15) is 5.26 Å². The third kappa shape index (κ3) is 4.39. The molecule has 0 aliphatic carbocycles. The molecule has 1 aromatic heterocycles. The van der Waals surface area contributed by atoms with Gasteiger partial charge in [-0.15, -0.1) is 11.3 Å². The molecule has 0 saturated carbocycles. The van der Waals surface area contributed by atoms with E-state index in [0.717, 1.165) is 5.56 Å². The summed E-state index contributed by atoms with van der Waals surface area (Å²) in [5, 5.41) is 16.1. The molecule has 0 saturated heterocycles. The van der Waals surface area contributed by atoms with Gasteiger partial charge in [0, 0.05) is 28.2 Å². The van der Waals surface area contributed by atoms with Gasteiger partial charge in [-0.1, -0.05) is 23.2 Å². The van der Waals surface area contributed by atoms with Crippen LogP contribution in [-0.4, -0.2) is 19.2 Å². The minimum atomic E-state index is 0.388. The molecule has 0 aliphatic rings. The zero-order valence-electron chi connectivity index (χ0n) is 15.0. The molecule has 3 rings (SSSR count). The van der Waals surface area contributed by atoms with Gasteiger partial charge < -0.3 is 14.8 Å². The maximum absolute atomic E-state index is 9.55. The third-order valence-electron chi connectivity index (χ3n) is 3.84. The first-order chi connectivity index (χ1) is 13.5. The molecule has 0 aliphatic heterocycles. The number of methoxy groups -OCH3 is 2.